The summed E-state index contributed by atoms with van der Waals surface area (Å²) in [6, 6.07) is 0. The third kappa shape index (κ3) is 12.5. The van der Waals surface area contributed by atoms with E-state index in [0.717, 1.165) is 12.9 Å². The molecule has 0 fully saturated rings. The largest absolute Gasteiger partial charge is 0.585 e. The van der Waals surface area contributed by atoms with Crippen molar-refractivity contribution in [2.45, 2.75) is 6.42 Å². The number of hydrogen-bond acceptors (Lipinski definition) is 6. The first-order valence-corrected chi connectivity index (χ1v) is 2.34. The molecule has 0 heterocycles. The molecule has 13 heavy (non-hydrogen) atoms. The quantitative estimate of drug-likeness (QED) is 0.356. The minimum absolute atomic E-state index is 0. The summed E-state index contributed by atoms with van der Waals surface area (Å²) in [6.07, 6.45) is -0.815. The van der Waals surface area contributed by atoms with Crippen LogP contribution in [0.4, 0.5) is 0 Å². The molecule has 0 aromatic rings. The van der Waals surface area contributed by atoms with Gasteiger partial charge in [0.1, 0.15) is 11.9 Å². The van der Waals surface area contributed by atoms with Gasteiger partial charge in [0.25, 0.3) is 0 Å². The molecule has 8 heteroatoms. The molecule has 66 valence electrons. The molecule has 0 saturated heterocycles. The molecule has 0 amide bonds. The Kier molecular flexibility index (Phi) is 18.4. The van der Waals surface area contributed by atoms with Gasteiger partial charge in [0.15, 0.2) is 12.9 Å². The zero-order valence-electron chi connectivity index (χ0n) is 6.31. The van der Waals surface area contributed by atoms with E-state index >= 15 is 0 Å². The van der Waals surface area contributed by atoms with Gasteiger partial charge in [-0.25, -0.2) is 0 Å². The average molecular weight is 336 g/mol. The van der Waals surface area contributed by atoms with Gasteiger partial charge in [-0.3, -0.25) is 0 Å². The first kappa shape index (κ1) is 19.1. The standard InChI is InChI=1S/C5H2O6.2Y/c6-2-10-4(8)1-5(9)11-3-7;;/h1H2;;/q-2;;. The van der Waals surface area contributed by atoms with Crippen LogP contribution in [0.25, 0.3) is 0 Å². The number of carbonyl (C=O) groups excluding carboxylic acids is 4. The molecular weight excluding hydrogens is 334 g/mol. The van der Waals surface area contributed by atoms with Gasteiger partial charge in [-0.1, -0.05) is 0 Å². The second kappa shape index (κ2) is 12.5. The summed E-state index contributed by atoms with van der Waals surface area (Å²) in [5, 5.41) is 0. The molecule has 2 radical (unpaired) electrons. The van der Waals surface area contributed by atoms with Crippen molar-refractivity contribution in [2.75, 3.05) is 0 Å². The minimum Gasteiger partial charge on any atom is -0.585 e. The molecule has 0 rings (SSSR count). The molecule has 0 spiro atoms. The molecule has 6 nitrogen and oxygen atoms in total. The van der Waals surface area contributed by atoms with Crippen LogP contribution in [0.2, 0.25) is 0 Å². The number of rotatable bonds is 4. The van der Waals surface area contributed by atoms with Crippen molar-refractivity contribution in [3.8, 4) is 0 Å². The Morgan fingerprint density at radius 1 is 0.923 bits per heavy atom. The van der Waals surface area contributed by atoms with Crippen LogP contribution in [0.15, 0.2) is 0 Å². The van der Waals surface area contributed by atoms with Crippen molar-refractivity contribution in [3.05, 3.63) is 0 Å². The van der Waals surface area contributed by atoms with Gasteiger partial charge in [0.05, 0.1) is 0 Å². The fraction of sp³-hybridized carbons (Fsp3) is 0.200. The van der Waals surface area contributed by atoms with E-state index in [9.17, 15) is 19.2 Å². The van der Waals surface area contributed by atoms with Crippen LogP contribution in [0.1, 0.15) is 6.42 Å². The van der Waals surface area contributed by atoms with E-state index in [-0.39, 0.29) is 65.4 Å². The van der Waals surface area contributed by atoms with Crippen LogP contribution in [0.3, 0.4) is 0 Å². The molecule has 0 aromatic heterocycles. The van der Waals surface area contributed by atoms with Crippen LogP contribution in [0.5, 0.6) is 0 Å². The molecule has 0 bridgehead atoms. The zero-order valence-corrected chi connectivity index (χ0v) is 12.0. The molecule has 0 unspecified atom stereocenters. The first-order chi connectivity index (χ1) is 5.20. The summed E-state index contributed by atoms with van der Waals surface area (Å²) in [5.41, 5.74) is 0. The average Bonchev–Trinajstić information content (AvgIpc) is 1.87. The number of esters is 2. The Hall–Kier alpha value is 0.488. The van der Waals surface area contributed by atoms with Gasteiger partial charge in [-0.15, -0.1) is 0 Å². The van der Waals surface area contributed by atoms with Gasteiger partial charge in [0, 0.05) is 71.8 Å². The predicted octanol–water partition coefficient (Wildman–Crippen LogP) is -1.41. The normalized spacial score (nSPS) is 6.77. The Balaban J connectivity index is -0.000000500. The van der Waals surface area contributed by atoms with Crippen LogP contribution in [0, 0.1) is 0 Å². The van der Waals surface area contributed by atoms with E-state index < -0.39 is 18.4 Å². The molecule has 0 saturated carbocycles. The maximum atomic E-state index is 10.2. The van der Waals surface area contributed by atoms with Gasteiger partial charge < -0.3 is 28.7 Å². The molecular formula is C5H2O6Y2-2. The van der Waals surface area contributed by atoms with Crippen LogP contribution >= 0.6 is 0 Å². The monoisotopic (exact) mass is 336 g/mol. The van der Waals surface area contributed by atoms with Gasteiger partial charge in [-0.05, 0) is 0 Å². The summed E-state index contributed by atoms with van der Waals surface area (Å²) < 4.78 is 7.17. The van der Waals surface area contributed by atoms with Gasteiger partial charge in [0.2, 0.25) is 0 Å². The summed E-state index contributed by atoms with van der Waals surface area (Å²) in [5.74, 6) is -2.28. The summed E-state index contributed by atoms with van der Waals surface area (Å²) >= 11 is 0. The molecule has 0 atom stereocenters. The van der Waals surface area contributed by atoms with E-state index in [0.29, 0.717) is 0 Å². The predicted molar refractivity (Wildman–Crippen MR) is 28.2 cm³/mol. The smallest absolute Gasteiger partial charge is 0.171 e. The van der Waals surface area contributed by atoms with Gasteiger partial charge >= 0.3 is 0 Å². The number of ether oxygens (including phenoxy) is 2. The first-order valence-electron chi connectivity index (χ1n) is 2.34. The topological polar surface area (TPSA) is 86.7 Å². The Morgan fingerprint density at radius 3 is 1.46 bits per heavy atom. The van der Waals surface area contributed by atoms with Crippen LogP contribution in [-0.2, 0) is 94.1 Å². The summed E-state index contributed by atoms with van der Waals surface area (Å²) in [6.45, 7) is 1.62. The van der Waals surface area contributed by atoms with E-state index in [2.05, 4.69) is 9.47 Å². The Morgan fingerprint density at radius 2 is 1.23 bits per heavy atom. The molecule has 0 aliphatic rings. The maximum Gasteiger partial charge on any atom is 0.171 e. The third-order valence-corrected chi connectivity index (χ3v) is 0.600. The molecule has 0 aliphatic carbocycles. The second-order valence-electron chi connectivity index (χ2n) is 1.29. The van der Waals surface area contributed by atoms with Crippen molar-refractivity contribution < 1.29 is 94.1 Å². The number of carbonyl (C=O) groups is 2. The van der Waals surface area contributed by atoms with E-state index in [1.807, 2.05) is 0 Å². The third-order valence-electron chi connectivity index (χ3n) is 0.600. The van der Waals surface area contributed by atoms with Crippen LogP contribution < -0.4 is 0 Å². The van der Waals surface area contributed by atoms with Crippen molar-refractivity contribution in [1.82, 2.24) is 0 Å². The van der Waals surface area contributed by atoms with E-state index in [1.54, 1.807) is 0 Å². The molecule has 0 aliphatic heterocycles. The maximum absolute atomic E-state index is 10.2. The Labute approximate surface area is 124 Å². The van der Waals surface area contributed by atoms with Crippen molar-refractivity contribution in [3.63, 3.8) is 0 Å². The zero-order chi connectivity index (χ0) is 8.69. The molecule has 0 aromatic carbocycles. The molecule has 0 N–H and O–H groups in total. The van der Waals surface area contributed by atoms with Crippen molar-refractivity contribution >= 4 is 24.9 Å². The summed E-state index contributed by atoms with van der Waals surface area (Å²) in [7, 11) is 0. The van der Waals surface area contributed by atoms with E-state index in [4.69, 9.17) is 0 Å². The second-order valence-corrected chi connectivity index (χ2v) is 1.29. The summed E-state index contributed by atoms with van der Waals surface area (Å²) in [4.78, 5) is 39.1. The minimum atomic E-state index is -1.14. The van der Waals surface area contributed by atoms with Crippen LogP contribution in [-0.4, -0.2) is 24.9 Å². The van der Waals surface area contributed by atoms with Crippen molar-refractivity contribution in [2.24, 2.45) is 0 Å². The van der Waals surface area contributed by atoms with Crippen molar-refractivity contribution in [1.29, 1.82) is 0 Å². The van der Waals surface area contributed by atoms with E-state index in [1.165, 1.54) is 0 Å². The fourth-order valence-corrected chi connectivity index (χ4v) is 0.283. The fourth-order valence-electron chi connectivity index (χ4n) is 0.283. The SMILES string of the molecule is O=[C-]OC(=O)CC(=O)O[C-]=O.[Y].[Y]. The Bertz CT molecular complexity index is 171. The van der Waals surface area contributed by atoms with Gasteiger partial charge in [-0.2, -0.15) is 0 Å². The number of hydrogen-bond donors (Lipinski definition) is 0.